The maximum atomic E-state index is 12.4. The van der Waals surface area contributed by atoms with Gasteiger partial charge in [-0.2, -0.15) is 4.98 Å². The molecule has 160 valence electrons. The molecule has 2 aliphatic heterocycles. The highest BCUT2D eigenvalue weighted by Gasteiger charge is 2.26. The molecule has 0 unspecified atom stereocenters. The summed E-state index contributed by atoms with van der Waals surface area (Å²) < 4.78 is 6.42. The van der Waals surface area contributed by atoms with Gasteiger partial charge < -0.3 is 14.7 Å². The van der Waals surface area contributed by atoms with Gasteiger partial charge in [0.05, 0.1) is 6.54 Å². The number of hydrogen-bond acceptors (Lipinski definition) is 6. The zero-order chi connectivity index (χ0) is 20.9. The summed E-state index contributed by atoms with van der Waals surface area (Å²) in [4.78, 5) is 32.6. The smallest absolute Gasteiger partial charge is 0.241 e. The predicted molar refractivity (Wildman–Crippen MR) is 114 cm³/mol. The van der Waals surface area contributed by atoms with Crippen LogP contribution in [0.4, 0.5) is 0 Å². The highest BCUT2D eigenvalue weighted by atomic mass is 79.9. The monoisotopic (exact) mass is 475 g/mol. The van der Waals surface area contributed by atoms with Crippen LogP contribution in [0.3, 0.4) is 0 Å². The molecule has 2 aromatic rings. The number of carbonyl (C=O) groups is 2. The van der Waals surface area contributed by atoms with Crippen molar-refractivity contribution in [1.29, 1.82) is 0 Å². The van der Waals surface area contributed by atoms with E-state index < -0.39 is 0 Å². The number of rotatable bonds is 7. The fourth-order valence-electron chi connectivity index (χ4n) is 3.98. The van der Waals surface area contributed by atoms with Crippen LogP contribution < -0.4 is 5.32 Å². The standard InChI is InChI=1S/C21H26BrN5O3/c22-17-5-3-15(4-6-17)20-24-18(30-25-20)14-26-11-7-16(8-12-26)21(29)23-9-13-27-10-1-2-19(27)28/h3-6,16H,1-2,7-14H2,(H,23,29). The van der Waals surface area contributed by atoms with Crippen molar-refractivity contribution in [3.8, 4) is 11.4 Å². The van der Waals surface area contributed by atoms with Gasteiger partial charge in [0, 0.05) is 42.0 Å². The Kier molecular flexibility index (Phi) is 6.79. The quantitative estimate of drug-likeness (QED) is 0.660. The van der Waals surface area contributed by atoms with E-state index in [1.165, 1.54) is 0 Å². The molecule has 2 saturated heterocycles. The summed E-state index contributed by atoms with van der Waals surface area (Å²) in [5.41, 5.74) is 0.916. The lowest BCUT2D eigenvalue weighted by molar-refractivity contribution is -0.129. The first-order valence-corrected chi connectivity index (χ1v) is 11.2. The number of aromatic nitrogens is 2. The number of likely N-dealkylation sites (tertiary alicyclic amines) is 2. The van der Waals surface area contributed by atoms with Gasteiger partial charge in [0.2, 0.25) is 23.5 Å². The molecule has 1 aromatic carbocycles. The van der Waals surface area contributed by atoms with Crippen molar-refractivity contribution < 1.29 is 14.1 Å². The van der Waals surface area contributed by atoms with Crippen molar-refractivity contribution in [2.24, 2.45) is 5.92 Å². The molecule has 0 spiro atoms. The number of benzene rings is 1. The predicted octanol–water partition coefficient (Wildman–Crippen LogP) is 2.45. The van der Waals surface area contributed by atoms with E-state index in [9.17, 15) is 9.59 Å². The topological polar surface area (TPSA) is 91.6 Å². The summed E-state index contributed by atoms with van der Waals surface area (Å²) >= 11 is 3.42. The molecule has 0 bridgehead atoms. The molecule has 0 radical (unpaired) electrons. The van der Waals surface area contributed by atoms with Gasteiger partial charge in [-0.05, 0) is 56.6 Å². The van der Waals surface area contributed by atoms with Crippen LogP contribution in [0.5, 0.6) is 0 Å². The van der Waals surface area contributed by atoms with Gasteiger partial charge in [0.1, 0.15) is 0 Å². The average Bonchev–Trinajstić information content (AvgIpc) is 3.38. The summed E-state index contributed by atoms with van der Waals surface area (Å²) in [5, 5.41) is 7.07. The Hall–Kier alpha value is -2.26. The maximum Gasteiger partial charge on any atom is 0.241 e. The van der Waals surface area contributed by atoms with Crippen molar-refractivity contribution in [2.75, 3.05) is 32.7 Å². The molecule has 9 heteroatoms. The van der Waals surface area contributed by atoms with Crippen LogP contribution in [0.1, 0.15) is 31.6 Å². The maximum absolute atomic E-state index is 12.4. The van der Waals surface area contributed by atoms with Crippen LogP contribution in [-0.2, 0) is 16.1 Å². The molecule has 2 amide bonds. The zero-order valence-electron chi connectivity index (χ0n) is 16.8. The lowest BCUT2D eigenvalue weighted by atomic mass is 9.96. The fraction of sp³-hybridized carbons (Fsp3) is 0.524. The molecule has 1 aromatic heterocycles. The minimum Gasteiger partial charge on any atom is -0.354 e. The third-order valence-corrected chi connectivity index (χ3v) is 6.27. The number of nitrogens with one attached hydrogen (secondary N) is 1. The number of hydrogen-bond donors (Lipinski definition) is 1. The molecular weight excluding hydrogens is 450 g/mol. The summed E-state index contributed by atoms with van der Waals surface area (Å²) in [6, 6.07) is 7.79. The van der Waals surface area contributed by atoms with Crippen molar-refractivity contribution in [1.82, 2.24) is 25.3 Å². The highest BCUT2D eigenvalue weighted by Crippen LogP contribution is 2.22. The van der Waals surface area contributed by atoms with Crippen LogP contribution in [0.25, 0.3) is 11.4 Å². The summed E-state index contributed by atoms with van der Waals surface area (Å²) in [5.74, 6) is 1.49. The van der Waals surface area contributed by atoms with Gasteiger partial charge in [-0.15, -0.1) is 0 Å². The highest BCUT2D eigenvalue weighted by molar-refractivity contribution is 9.10. The lowest BCUT2D eigenvalue weighted by Gasteiger charge is -2.30. The number of piperidine rings is 1. The molecule has 0 aliphatic carbocycles. The van der Waals surface area contributed by atoms with E-state index in [0.717, 1.165) is 48.9 Å². The van der Waals surface area contributed by atoms with E-state index in [1.807, 2.05) is 29.2 Å². The van der Waals surface area contributed by atoms with Crippen LogP contribution in [-0.4, -0.2) is 64.5 Å². The summed E-state index contributed by atoms with van der Waals surface area (Å²) in [6.45, 7) is 4.19. The van der Waals surface area contributed by atoms with E-state index in [0.29, 0.717) is 37.8 Å². The van der Waals surface area contributed by atoms with E-state index in [-0.39, 0.29) is 17.7 Å². The van der Waals surface area contributed by atoms with Crippen molar-refractivity contribution in [2.45, 2.75) is 32.2 Å². The van der Waals surface area contributed by atoms with Crippen LogP contribution in [0.15, 0.2) is 33.3 Å². The van der Waals surface area contributed by atoms with E-state index >= 15 is 0 Å². The SMILES string of the molecule is O=C(NCCN1CCCC1=O)C1CCN(Cc2nc(-c3ccc(Br)cc3)no2)CC1. The Morgan fingerprint density at radius 1 is 1.20 bits per heavy atom. The normalized spacial score (nSPS) is 18.2. The van der Waals surface area contributed by atoms with Gasteiger partial charge in [-0.25, -0.2) is 0 Å². The third-order valence-electron chi connectivity index (χ3n) is 5.74. The van der Waals surface area contributed by atoms with Crippen molar-refractivity contribution in [3.05, 3.63) is 34.6 Å². The van der Waals surface area contributed by atoms with Crippen LogP contribution in [0, 0.1) is 5.92 Å². The van der Waals surface area contributed by atoms with Crippen molar-refractivity contribution in [3.63, 3.8) is 0 Å². The van der Waals surface area contributed by atoms with Crippen LogP contribution in [0.2, 0.25) is 0 Å². The first-order valence-electron chi connectivity index (χ1n) is 10.4. The Balaban J connectivity index is 1.19. The van der Waals surface area contributed by atoms with Gasteiger partial charge in [0.25, 0.3) is 0 Å². The molecule has 3 heterocycles. The number of nitrogens with zero attached hydrogens (tertiary/aromatic N) is 4. The third kappa shape index (κ3) is 5.26. The second-order valence-electron chi connectivity index (χ2n) is 7.84. The van der Waals surface area contributed by atoms with Gasteiger partial charge in [-0.1, -0.05) is 21.1 Å². The first-order chi connectivity index (χ1) is 14.6. The number of carbonyl (C=O) groups excluding carboxylic acids is 2. The minimum atomic E-state index is 0.0246. The van der Waals surface area contributed by atoms with E-state index in [4.69, 9.17) is 4.52 Å². The second-order valence-corrected chi connectivity index (χ2v) is 8.76. The van der Waals surface area contributed by atoms with E-state index in [2.05, 4.69) is 36.3 Å². The lowest BCUT2D eigenvalue weighted by Crippen LogP contribution is -2.42. The average molecular weight is 476 g/mol. The summed E-state index contributed by atoms with van der Waals surface area (Å²) in [6.07, 6.45) is 3.18. The molecule has 2 aliphatic rings. The Labute approximate surface area is 184 Å². The Morgan fingerprint density at radius 2 is 1.97 bits per heavy atom. The fourth-order valence-corrected chi connectivity index (χ4v) is 4.24. The minimum absolute atomic E-state index is 0.0246. The van der Waals surface area contributed by atoms with Crippen molar-refractivity contribution >= 4 is 27.7 Å². The molecule has 0 atom stereocenters. The molecular formula is C21H26BrN5O3. The molecule has 2 fully saturated rings. The van der Waals surface area contributed by atoms with Gasteiger partial charge >= 0.3 is 0 Å². The van der Waals surface area contributed by atoms with E-state index in [1.54, 1.807) is 0 Å². The molecule has 0 saturated carbocycles. The number of amides is 2. The Morgan fingerprint density at radius 3 is 2.67 bits per heavy atom. The second kappa shape index (κ2) is 9.70. The Bertz CT molecular complexity index is 877. The molecule has 8 nitrogen and oxygen atoms in total. The molecule has 30 heavy (non-hydrogen) atoms. The summed E-state index contributed by atoms with van der Waals surface area (Å²) in [7, 11) is 0. The largest absolute Gasteiger partial charge is 0.354 e. The van der Waals surface area contributed by atoms with Gasteiger partial charge in [0.15, 0.2) is 0 Å². The number of halogens is 1. The zero-order valence-corrected chi connectivity index (χ0v) is 18.4. The first kappa shape index (κ1) is 21.0. The molecule has 1 N–H and O–H groups in total. The van der Waals surface area contributed by atoms with Gasteiger partial charge in [-0.3, -0.25) is 14.5 Å². The molecule has 4 rings (SSSR count). The van der Waals surface area contributed by atoms with Crippen LogP contribution >= 0.6 is 15.9 Å².